The van der Waals surface area contributed by atoms with Gasteiger partial charge in [-0.25, -0.2) is 0 Å². The summed E-state index contributed by atoms with van der Waals surface area (Å²) in [6.45, 7) is 0. The minimum Gasteiger partial charge on any atom is -0.288 e. The molecule has 5 nitrogen and oxygen atoms in total. The Balaban J connectivity index is 2.64. The van der Waals surface area contributed by atoms with Gasteiger partial charge in [-0.2, -0.15) is 0 Å². The highest BCUT2D eigenvalue weighted by Crippen LogP contribution is 1.86. The summed E-state index contributed by atoms with van der Waals surface area (Å²) in [5.74, 6) is -1.92. The number of amides is 2. The van der Waals surface area contributed by atoms with E-state index in [1.54, 1.807) is 0 Å². The largest absolute Gasteiger partial charge is 0.306 e. The summed E-state index contributed by atoms with van der Waals surface area (Å²) in [7, 11) is 0. The van der Waals surface area contributed by atoms with Crippen LogP contribution in [0.5, 0.6) is 0 Å². The van der Waals surface area contributed by atoms with E-state index in [-0.39, 0.29) is 6.42 Å². The monoisotopic (exact) mass is 128 g/mol. The lowest BCUT2D eigenvalue weighted by molar-refractivity contribution is -0.145. The van der Waals surface area contributed by atoms with E-state index < -0.39 is 17.6 Å². The van der Waals surface area contributed by atoms with Crippen LogP contribution in [0.25, 0.3) is 0 Å². The molecule has 0 aromatic heterocycles. The summed E-state index contributed by atoms with van der Waals surface area (Å²) in [5, 5.41) is 0. The zero-order chi connectivity index (χ0) is 6.85. The number of carbonyl (C=O) groups excluding carboxylic acids is 3. The van der Waals surface area contributed by atoms with Gasteiger partial charge >= 0.3 is 5.91 Å². The van der Waals surface area contributed by atoms with Crippen molar-refractivity contribution in [3.8, 4) is 0 Å². The lowest BCUT2D eigenvalue weighted by atomic mass is 10.2. The molecule has 0 saturated carbocycles. The van der Waals surface area contributed by atoms with Crippen LogP contribution in [-0.4, -0.2) is 17.6 Å². The van der Waals surface area contributed by atoms with Crippen LogP contribution in [0.3, 0.4) is 0 Å². The van der Waals surface area contributed by atoms with Gasteiger partial charge in [0.05, 0.1) is 6.42 Å². The highest BCUT2D eigenvalue weighted by molar-refractivity contribution is 6.40. The van der Waals surface area contributed by atoms with E-state index >= 15 is 0 Å². The molecule has 0 atom stereocenters. The van der Waals surface area contributed by atoms with Crippen LogP contribution in [0.4, 0.5) is 0 Å². The van der Waals surface area contributed by atoms with Gasteiger partial charge in [0.2, 0.25) is 11.7 Å². The first-order valence-electron chi connectivity index (χ1n) is 2.32. The molecule has 1 fully saturated rings. The van der Waals surface area contributed by atoms with Crippen LogP contribution >= 0.6 is 0 Å². The van der Waals surface area contributed by atoms with Gasteiger partial charge in [0, 0.05) is 0 Å². The number of ketones is 1. The fourth-order valence-electron chi connectivity index (χ4n) is 0.466. The Kier molecular flexibility index (Phi) is 1.18. The summed E-state index contributed by atoms with van der Waals surface area (Å²) >= 11 is 0. The molecule has 0 radical (unpaired) electrons. The van der Waals surface area contributed by atoms with Gasteiger partial charge in [0.25, 0.3) is 0 Å². The normalized spacial score (nSPS) is 18.9. The Bertz CT molecular complexity index is 186. The molecule has 1 rings (SSSR count). The summed E-state index contributed by atoms with van der Waals surface area (Å²) in [5.41, 5.74) is 3.90. The van der Waals surface area contributed by atoms with Crippen LogP contribution in [0.15, 0.2) is 0 Å². The molecule has 0 aliphatic carbocycles. The van der Waals surface area contributed by atoms with Gasteiger partial charge in [0.1, 0.15) is 0 Å². The van der Waals surface area contributed by atoms with Crippen LogP contribution in [0.2, 0.25) is 0 Å². The fraction of sp³-hybridized carbons (Fsp3) is 0.250. The maximum Gasteiger partial charge on any atom is 0.306 e. The van der Waals surface area contributed by atoms with Crippen molar-refractivity contribution >= 4 is 17.6 Å². The van der Waals surface area contributed by atoms with Crippen LogP contribution in [-0.2, 0) is 14.4 Å². The number of Topliss-reactive ketones (excluding diaryl/α,β-unsaturated/α-hetero) is 1. The van der Waals surface area contributed by atoms with Crippen LogP contribution < -0.4 is 10.9 Å². The number of rotatable bonds is 0. The maximum absolute atomic E-state index is 10.3. The fourth-order valence-corrected chi connectivity index (χ4v) is 0.466. The predicted octanol–water partition coefficient (Wildman–Crippen LogP) is -1.89. The molecule has 2 N–H and O–H groups in total. The molecule has 0 bridgehead atoms. The second kappa shape index (κ2) is 1.85. The van der Waals surface area contributed by atoms with Crippen LogP contribution in [0.1, 0.15) is 6.42 Å². The Labute approximate surface area is 50.4 Å². The molecule has 1 aliphatic heterocycles. The predicted molar refractivity (Wildman–Crippen MR) is 25.9 cm³/mol. The summed E-state index contributed by atoms with van der Waals surface area (Å²) in [6, 6.07) is 0. The van der Waals surface area contributed by atoms with Crippen molar-refractivity contribution in [1.82, 2.24) is 10.9 Å². The Morgan fingerprint density at radius 1 is 1.11 bits per heavy atom. The lowest BCUT2D eigenvalue weighted by Crippen LogP contribution is -2.51. The molecule has 0 spiro atoms. The van der Waals surface area contributed by atoms with Crippen molar-refractivity contribution in [2.24, 2.45) is 0 Å². The molecule has 1 saturated heterocycles. The van der Waals surface area contributed by atoms with Crippen molar-refractivity contribution in [3.05, 3.63) is 0 Å². The average Bonchev–Trinajstić information content (AvgIpc) is 1.80. The molecule has 9 heavy (non-hydrogen) atoms. The number of nitrogens with one attached hydrogen (secondary N) is 2. The van der Waals surface area contributed by atoms with E-state index in [1.807, 2.05) is 10.9 Å². The van der Waals surface area contributed by atoms with E-state index in [0.29, 0.717) is 0 Å². The Hall–Kier alpha value is -1.39. The van der Waals surface area contributed by atoms with Gasteiger partial charge in [0.15, 0.2) is 0 Å². The highest BCUT2D eigenvalue weighted by atomic mass is 16.2. The first-order chi connectivity index (χ1) is 4.20. The number of hydrogen-bond donors (Lipinski definition) is 2. The molecule has 0 aromatic carbocycles. The van der Waals surface area contributed by atoms with E-state index in [2.05, 4.69) is 0 Å². The molecule has 0 unspecified atom stereocenters. The SMILES string of the molecule is O=C1CC(=O)C(=O)NN1. The molecular formula is C4H4N2O3. The summed E-state index contributed by atoms with van der Waals surface area (Å²) in [4.78, 5) is 30.9. The van der Waals surface area contributed by atoms with Gasteiger partial charge in [-0.3, -0.25) is 25.2 Å². The average molecular weight is 128 g/mol. The number of carbonyl (C=O) groups is 3. The molecule has 2 amide bonds. The first-order valence-corrected chi connectivity index (χ1v) is 2.32. The second-order valence-corrected chi connectivity index (χ2v) is 1.60. The van der Waals surface area contributed by atoms with Crippen molar-refractivity contribution in [2.45, 2.75) is 6.42 Å². The smallest absolute Gasteiger partial charge is 0.288 e. The van der Waals surface area contributed by atoms with E-state index in [9.17, 15) is 14.4 Å². The van der Waals surface area contributed by atoms with E-state index in [1.165, 1.54) is 0 Å². The highest BCUT2D eigenvalue weighted by Gasteiger charge is 2.22. The van der Waals surface area contributed by atoms with Crippen molar-refractivity contribution in [2.75, 3.05) is 0 Å². The van der Waals surface area contributed by atoms with E-state index in [0.717, 1.165) is 0 Å². The van der Waals surface area contributed by atoms with Gasteiger partial charge in [-0.05, 0) is 0 Å². The molecule has 5 heteroatoms. The van der Waals surface area contributed by atoms with Crippen molar-refractivity contribution in [3.63, 3.8) is 0 Å². The van der Waals surface area contributed by atoms with Gasteiger partial charge < -0.3 is 0 Å². The third-order valence-electron chi connectivity index (χ3n) is 0.890. The second-order valence-electron chi connectivity index (χ2n) is 1.60. The Morgan fingerprint density at radius 3 is 2.22 bits per heavy atom. The lowest BCUT2D eigenvalue weighted by Gasteiger charge is -2.09. The Morgan fingerprint density at radius 2 is 1.78 bits per heavy atom. The summed E-state index contributed by atoms with van der Waals surface area (Å²) < 4.78 is 0. The minimum absolute atomic E-state index is 0.341. The quantitative estimate of drug-likeness (QED) is 0.296. The zero-order valence-electron chi connectivity index (χ0n) is 4.43. The standard InChI is InChI=1S/C4H4N2O3/c7-2-1-3(8)5-6-4(2)9/h1H2,(H,5,8)(H,6,9). The van der Waals surface area contributed by atoms with E-state index in [4.69, 9.17) is 0 Å². The summed E-state index contributed by atoms with van der Waals surface area (Å²) in [6.07, 6.45) is -0.341. The third-order valence-corrected chi connectivity index (χ3v) is 0.890. The minimum atomic E-state index is -0.755. The molecular weight excluding hydrogens is 124 g/mol. The van der Waals surface area contributed by atoms with Gasteiger partial charge in [-0.15, -0.1) is 0 Å². The number of hydrazine groups is 1. The number of hydrogen-bond acceptors (Lipinski definition) is 3. The molecule has 48 valence electrons. The van der Waals surface area contributed by atoms with Crippen molar-refractivity contribution < 1.29 is 14.4 Å². The zero-order valence-corrected chi connectivity index (χ0v) is 4.43. The first kappa shape index (κ1) is 5.74. The molecule has 0 aromatic rings. The molecule has 1 heterocycles. The maximum atomic E-state index is 10.3. The topological polar surface area (TPSA) is 75.3 Å². The third kappa shape index (κ3) is 1.04. The van der Waals surface area contributed by atoms with Crippen LogP contribution in [0, 0.1) is 0 Å². The molecule has 1 aliphatic rings. The van der Waals surface area contributed by atoms with Gasteiger partial charge in [-0.1, -0.05) is 0 Å². The van der Waals surface area contributed by atoms with Crippen molar-refractivity contribution in [1.29, 1.82) is 0 Å².